The van der Waals surface area contributed by atoms with Crippen LogP contribution < -0.4 is 4.74 Å². The van der Waals surface area contributed by atoms with Crippen LogP contribution in [0.4, 0.5) is 4.39 Å². The summed E-state index contributed by atoms with van der Waals surface area (Å²) in [6.45, 7) is -1.21. The lowest BCUT2D eigenvalue weighted by Crippen LogP contribution is -1.88. The summed E-state index contributed by atoms with van der Waals surface area (Å²) in [5.74, 6) is 0.301. The highest BCUT2D eigenvalue weighted by molar-refractivity contribution is 5.09. The van der Waals surface area contributed by atoms with Gasteiger partial charge in [-0.15, -0.1) is 0 Å². The van der Waals surface area contributed by atoms with Gasteiger partial charge in [-0.3, -0.25) is 0 Å². The van der Waals surface area contributed by atoms with Crippen molar-refractivity contribution in [3.05, 3.63) is 11.8 Å². The van der Waals surface area contributed by atoms with E-state index in [1.54, 1.807) is 0 Å². The lowest BCUT2D eigenvalue weighted by molar-refractivity contribution is 0.173. The summed E-state index contributed by atoms with van der Waals surface area (Å²) >= 11 is 0. The third kappa shape index (κ3) is 1.44. The molecule has 1 rings (SSSR count). The molecule has 1 heterocycles. The van der Waals surface area contributed by atoms with Gasteiger partial charge in [-0.1, -0.05) is 0 Å². The highest BCUT2D eigenvalue weighted by Gasteiger charge is 2.01. The molecule has 4 nitrogen and oxygen atoms in total. The monoisotopic (exact) mass is 147 g/mol. The predicted molar refractivity (Wildman–Crippen MR) is 29.0 cm³/mol. The number of alkyl halides is 1. The summed E-state index contributed by atoms with van der Waals surface area (Å²) in [4.78, 5) is 0. The van der Waals surface area contributed by atoms with E-state index in [-0.39, 0.29) is 18.2 Å². The molecule has 10 heavy (non-hydrogen) atoms. The second kappa shape index (κ2) is 3.17. The van der Waals surface area contributed by atoms with Crippen LogP contribution >= 0.6 is 0 Å². The minimum absolute atomic E-state index is 0.0477. The van der Waals surface area contributed by atoms with E-state index in [4.69, 9.17) is 5.11 Å². The zero-order valence-electron chi connectivity index (χ0n) is 5.08. The highest BCUT2D eigenvalue weighted by Crippen LogP contribution is 2.10. The summed E-state index contributed by atoms with van der Waals surface area (Å²) in [5.41, 5.74) is 0. The van der Waals surface area contributed by atoms with Crippen molar-refractivity contribution in [2.75, 3.05) is 6.86 Å². The standard InChI is InChI=1S/C5H6FNO3/c6-3-9-5-1-4(2-8)10-7-5/h1,8H,2-3H2. The van der Waals surface area contributed by atoms with Crippen LogP contribution in [0, 0.1) is 0 Å². The molecule has 0 aliphatic heterocycles. The fraction of sp³-hybridized carbons (Fsp3) is 0.400. The molecule has 0 saturated heterocycles. The zero-order valence-corrected chi connectivity index (χ0v) is 5.08. The molecule has 0 aliphatic rings. The van der Waals surface area contributed by atoms with Crippen LogP contribution in [-0.4, -0.2) is 17.1 Å². The van der Waals surface area contributed by atoms with E-state index in [0.29, 0.717) is 0 Å². The van der Waals surface area contributed by atoms with E-state index < -0.39 is 6.86 Å². The fourth-order valence-corrected chi connectivity index (χ4v) is 0.492. The van der Waals surface area contributed by atoms with Crippen LogP contribution in [0.15, 0.2) is 10.6 Å². The lowest BCUT2D eigenvalue weighted by atomic mass is 10.5. The van der Waals surface area contributed by atoms with Crippen molar-refractivity contribution in [1.82, 2.24) is 5.16 Å². The molecule has 0 atom stereocenters. The summed E-state index contributed by atoms with van der Waals surface area (Å²) in [6.07, 6.45) is 0. The number of hydrogen-bond donors (Lipinski definition) is 1. The van der Waals surface area contributed by atoms with Gasteiger partial charge in [0.05, 0.1) is 0 Å². The molecular weight excluding hydrogens is 141 g/mol. The van der Waals surface area contributed by atoms with Gasteiger partial charge in [0.25, 0.3) is 5.88 Å². The first kappa shape index (κ1) is 7.01. The Hall–Kier alpha value is -1.10. The second-order valence-corrected chi connectivity index (χ2v) is 1.54. The number of rotatable bonds is 3. The first-order valence-corrected chi connectivity index (χ1v) is 2.62. The van der Waals surface area contributed by atoms with Gasteiger partial charge >= 0.3 is 0 Å². The minimum Gasteiger partial charge on any atom is -0.444 e. The number of aromatic nitrogens is 1. The molecule has 0 unspecified atom stereocenters. The van der Waals surface area contributed by atoms with Gasteiger partial charge in [0.2, 0.25) is 6.86 Å². The summed E-state index contributed by atoms with van der Waals surface area (Å²) in [6, 6.07) is 1.32. The third-order valence-electron chi connectivity index (χ3n) is 0.896. The van der Waals surface area contributed by atoms with Crippen molar-refractivity contribution in [2.24, 2.45) is 0 Å². The SMILES string of the molecule is OCc1cc(OCF)no1. The number of hydrogen-bond acceptors (Lipinski definition) is 4. The quantitative estimate of drug-likeness (QED) is 0.675. The largest absolute Gasteiger partial charge is 0.444 e. The molecule has 0 bridgehead atoms. The van der Waals surface area contributed by atoms with E-state index in [2.05, 4.69) is 14.4 Å². The van der Waals surface area contributed by atoms with Gasteiger partial charge in [-0.2, -0.15) is 0 Å². The number of ether oxygens (including phenoxy) is 1. The number of aliphatic hydroxyl groups excluding tert-OH is 1. The molecule has 1 N–H and O–H groups in total. The van der Waals surface area contributed by atoms with Crippen LogP contribution in [0.5, 0.6) is 5.88 Å². The van der Waals surface area contributed by atoms with Crippen molar-refractivity contribution >= 4 is 0 Å². The average Bonchev–Trinajstić information content (AvgIpc) is 2.37. The summed E-state index contributed by atoms with van der Waals surface area (Å²) < 4.78 is 20.2. The molecule has 0 spiro atoms. The second-order valence-electron chi connectivity index (χ2n) is 1.54. The Balaban J connectivity index is 2.59. The average molecular weight is 147 g/mol. The van der Waals surface area contributed by atoms with E-state index in [1.807, 2.05) is 0 Å². The van der Waals surface area contributed by atoms with Gasteiger partial charge in [0, 0.05) is 6.07 Å². The van der Waals surface area contributed by atoms with Crippen LogP contribution in [0.3, 0.4) is 0 Å². The Morgan fingerprint density at radius 3 is 3.10 bits per heavy atom. The maximum absolute atomic E-state index is 11.4. The van der Waals surface area contributed by atoms with Crippen LogP contribution in [0.1, 0.15) is 5.76 Å². The molecule has 0 aliphatic carbocycles. The number of halogens is 1. The van der Waals surface area contributed by atoms with E-state index in [0.717, 1.165) is 0 Å². The van der Waals surface area contributed by atoms with E-state index in [1.165, 1.54) is 6.07 Å². The molecule has 0 saturated carbocycles. The Morgan fingerprint density at radius 1 is 1.80 bits per heavy atom. The Morgan fingerprint density at radius 2 is 2.60 bits per heavy atom. The summed E-state index contributed by atoms with van der Waals surface area (Å²) in [7, 11) is 0. The van der Waals surface area contributed by atoms with E-state index >= 15 is 0 Å². The minimum atomic E-state index is -0.947. The molecule has 1 aromatic rings. The maximum atomic E-state index is 11.4. The van der Waals surface area contributed by atoms with Crippen molar-refractivity contribution in [2.45, 2.75) is 6.61 Å². The predicted octanol–water partition coefficient (Wildman–Crippen LogP) is 0.473. The molecule has 0 aromatic carbocycles. The Labute approximate surface area is 56.2 Å². The van der Waals surface area contributed by atoms with Crippen molar-refractivity contribution < 1.29 is 18.8 Å². The van der Waals surface area contributed by atoms with Crippen LogP contribution in [0.25, 0.3) is 0 Å². The van der Waals surface area contributed by atoms with Crippen molar-refractivity contribution in [1.29, 1.82) is 0 Å². The molecule has 0 amide bonds. The Bertz CT molecular complexity index is 201. The van der Waals surface area contributed by atoms with Gasteiger partial charge in [0.1, 0.15) is 6.61 Å². The lowest BCUT2D eigenvalue weighted by Gasteiger charge is -1.88. The molecule has 56 valence electrons. The smallest absolute Gasteiger partial charge is 0.256 e. The van der Waals surface area contributed by atoms with Gasteiger partial charge < -0.3 is 14.4 Å². The first-order chi connectivity index (χ1) is 4.86. The zero-order chi connectivity index (χ0) is 7.40. The van der Waals surface area contributed by atoms with Crippen molar-refractivity contribution in [3.63, 3.8) is 0 Å². The van der Waals surface area contributed by atoms with Gasteiger partial charge in [-0.05, 0) is 5.16 Å². The van der Waals surface area contributed by atoms with Crippen LogP contribution in [-0.2, 0) is 6.61 Å². The molecule has 0 fully saturated rings. The highest BCUT2D eigenvalue weighted by atomic mass is 19.1. The Kier molecular flexibility index (Phi) is 2.22. The topological polar surface area (TPSA) is 55.5 Å². The molecule has 1 aromatic heterocycles. The van der Waals surface area contributed by atoms with E-state index in [9.17, 15) is 4.39 Å². The van der Waals surface area contributed by atoms with Gasteiger partial charge in [0.15, 0.2) is 5.76 Å². The maximum Gasteiger partial charge on any atom is 0.256 e. The first-order valence-electron chi connectivity index (χ1n) is 2.62. The number of aliphatic hydroxyl groups is 1. The third-order valence-corrected chi connectivity index (χ3v) is 0.896. The normalized spacial score (nSPS) is 9.80. The number of nitrogens with zero attached hydrogens (tertiary/aromatic N) is 1. The molecular formula is C5H6FNO3. The molecule has 0 radical (unpaired) electrons. The summed E-state index contributed by atoms with van der Waals surface area (Å²) in [5, 5.41) is 11.7. The molecule has 5 heteroatoms. The van der Waals surface area contributed by atoms with Gasteiger partial charge in [-0.25, -0.2) is 4.39 Å². The van der Waals surface area contributed by atoms with Crippen molar-refractivity contribution in [3.8, 4) is 5.88 Å². The van der Waals surface area contributed by atoms with Crippen LogP contribution in [0.2, 0.25) is 0 Å². The fourth-order valence-electron chi connectivity index (χ4n) is 0.492.